The van der Waals surface area contributed by atoms with Gasteiger partial charge in [-0.1, -0.05) is 72.8 Å². The van der Waals surface area contributed by atoms with E-state index in [-0.39, 0.29) is 18.7 Å². The molecule has 2 aliphatic rings. The number of carbonyl (C=O) groups is 6. The topological polar surface area (TPSA) is 164 Å². The predicted octanol–water partition coefficient (Wildman–Crippen LogP) is 8.91. The summed E-state index contributed by atoms with van der Waals surface area (Å²) in [5.41, 5.74) is 5.38. The summed E-state index contributed by atoms with van der Waals surface area (Å²) in [6, 6.07) is 35.0. The molecule has 6 aromatic carbocycles. The van der Waals surface area contributed by atoms with Crippen molar-refractivity contribution in [1.82, 2.24) is 10.2 Å². The Labute approximate surface area is 400 Å². The third-order valence-electron chi connectivity index (χ3n) is 12.5. The van der Waals surface area contributed by atoms with Crippen LogP contribution in [0.1, 0.15) is 71.1 Å². The molecule has 1 aliphatic heterocycles. The first-order valence-corrected chi connectivity index (χ1v) is 22.4. The Morgan fingerprint density at radius 2 is 1.35 bits per heavy atom. The zero-order valence-corrected chi connectivity index (χ0v) is 39.6. The third-order valence-corrected chi connectivity index (χ3v) is 12.5. The van der Waals surface area contributed by atoms with E-state index < -0.39 is 59.6 Å². The summed E-state index contributed by atoms with van der Waals surface area (Å²) in [6.45, 7) is 6.27. The molecule has 15 nitrogen and oxygen atoms in total. The number of fused-ring (bicyclic) bond motifs is 5. The maximum atomic E-state index is 15.2. The van der Waals surface area contributed by atoms with Crippen LogP contribution in [0, 0.1) is 0 Å². The number of carbonyl (C=O) groups excluding carboxylic acids is 6. The van der Waals surface area contributed by atoms with Crippen molar-refractivity contribution in [3.8, 4) is 16.9 Å². The van der Waals surface area contributed by atoms with Crippen LogP contribution in [0.3, 0.4) is 0 Å². The standard InChI is InChI=1S/C54H53N5O10/c1-32(56(5)52(64)69-54(2,3)4)48(60)55-43-31-58(45-20-14-13-19-44(45)57(50(43)62)30-42-37-27-23-35(51(63)67-7)29-34(37)24-28-46(42)66-6)49(61)33-21-25-36(26-22-33)59(53(65)68-8)47-40-17-11-9-15-38(40)39-16-10-12-18-41(39)47/h9-29,32,43,47H,30-31H2,1-8H3,(H,55,60)/t32-,43-/m0/s1. The monoisotopic (exact) mass is 931 g/mol. The molecule has 6 aromatic rings. The number of hydrogen-bond acceptors (Lipinski definition) is 10. The van der Waals surface area contributed by atoms with Gasteiger partial charge in [0.05, 0.1) is 57.4 Å². The Bertz CT molecular complexity index is 2960. The fraction of sp³-hybridized carbons (Fsp3) is 0.259. The average Bonchev–Trinajstić information content (AvgIpc) is 3.63. The highest BCUT2D eigenvalue weighted by Gasteiger charge is 2.40. The molecule has 1 N–H and O–H groups in total. The molecule has 0 fully saturated rings. The minimum Gasteiger partial charge on any atom is -0.496 e. The normalized spacial score (nSPS) is 14.7. The Morgan fingerprint density at radius 3 is 1.96 bits per heavy atom. The lowest BCUT2D eigenvalue weighted by atomic mass is 10.00. The number of rotatable bonds is 10. The predicted molar refractivity (Wildman–Crippen MR) is 262 cm³/mol. The van der Waals surface area contributed by atoms with Crippen molar-refractivity contribution in [2.75, 3.05) is 49.6 Å². The minimum absolute atomic E-state index is 0.0822. The summed E-state index contributed by atoms with van der Waals surface area (Å²) >= 11 is 0. The number of anilines is 3. The summed E-state index contributed by atoms with van der Waals surface area (Å²) in [7, 11) is 5.57. The van der Waals surface area contributed by atoms with Crippen LogP contribution in [0.5, 0.6) is 5.75 Å². The zero-order valence-electron chi connectivity index (χ0n) is 39.6. The average molecular weight is 932 g/mol. The molecule has 5 amide bonds. The summed E-state index contributed by atoms with van der Waals surface area (Å²) < 4.78 is 21.7. The van der Waals surface area contributed by atoms with Gasteiger partial charge in [0.1, 0.15) is 23.4 Å². The Morgan fingerprint density at radius 1 is 0.739 bits per heavy atom. The van der Waals surface area contributed by atoms with Gasteiger partial charge >= 0.3 is 18.2 Å². The molecule has 2 atom stereocenters. The molecule has 8 rings (SSSR count). The van der Waals surface area contributed by atoms with Gasteiger partial charge < -0.3 is 34.1 Å². The van der Waals surface area contributed by atoms with Gasteiger partial charge in [-0.2, -0.15) is 0 Å². The van der Waals surface area contributed by atoms with E-state index in [2.05, 4.69) is 5.32 Å². The largest absolute Gasteiger partial charge is 0.496 e. The van der Waals surface area contributed by atoms with E-state index in [1.807, 2.05) is 48.5 Å². The van der Waals surface area contributed by atoms with Crippen molar-refractivity contribution >= 4 is 63.7 Å². The smallest absolute Gasteiger partial charge is 0.414 e. The van der Waals surface area contributed by atoms with E-state index in [1.54, 1.807) is 105 Å². The summed E-state index contributed by atoms with van der Waals surface area (Å²) in [5, 5.41) is 4.23. The second-order valence-corrected chi connectivity index (χ2v) is 17.8. The second-order valence-electron chi connectivity index (χ2n) is 17.8. The Hall–Kier alpha value is -8.20. The number of ether oxygens (including phenoxy) is 4. The van der Waals surface area contributed by atoms with Gasteiger partial charge in [-0.15, -0.1) is 0 Å². The van der Waals surface area contributed by atoms with Crippen LogP contribution in [-0.4, -0.2) is 93.4 Å². The summed E-state index contributed by atoms with van der Waals surface area (Å²) in [6.07, 6.45) is -1.33. The molecular formula is C54H53N5O10. The van der Waals surface area contributed by atoms with Gasteiger partial charge in [-0.25, -0.2) is 14.4 Å². The van der Waals surface area contributed by atoms with Crippen LogP contribution < -0.4 is 24.8 Å². The first kappa shape index (κ1) is 47.3. The molecule has 1 heterocycles. The SMILES string of the molecule is COC(=O)c1ccc2c(CN3C(=O)[C@@H](NC(=O)[C@H](C)N(C)C(=O)OC(C)(C)C)CN(C(=O)c4ccc(N(C(=O)OC)C5c6ccccc6-c6ccccc65)cc4)c4ccccc43)c(OC)ccc2c1. The van der Waals surface area contributed by atoms with Crippen LogP contribution in [0.2, 0.25) is 0 Å². The third kappa shape index (κ3) is 9.15. The number of hydrogen-bond donors (Lipinski definition) is 1. The fourth-order valence-electron chi connectivity index (χ4n) is 8.93. The Kier molecular flexibility index (Phi) is 13.2. The van der Waals surface area contributed by atoms with Crippen LogP contribution in [0.15, 0.2) is 127 Å². The van der Waals surface area contributed by atoms with E-state index in [0.29, 0.717) is 44.7 Å². The number of benzene rings is 6. The molecular weight excluding hydrogens is 879 g/mol. The zero-order chi connectivity index (χ0) is 49.3. The van der Waals surface area contributed by atoms with Gasteiger partial charge in [0, 0.05) is 23.9 Å². The van der Waals surface area contributed by atoms with E-state index in [4.69, 9.17) is 18.9 Å². The number of methoxy groups -OCH3 is 3. The molecule has 0 saturated carbocycles. The summed E-state index contributed by atoms with van der Waals surface area (Å²) in [5.74, 6) is -1.78. The lowest BCUT2D eigenvalue weighted by Gasteiger charge is -2.30. The van der Waals surface area contributed by atoms with Crippen molar-refractivity contribution < 1.29 is 47.7 Å². The van der Waals surface area contributed by atoms with Crippen molar-refractivity contribution in [1.29, 1.82) is 0 Å². The molecule has 0 bridgehead atoms. The summed E-state index contributed by atoms with van der Waals surface area (Å²) in [4.78, 5) is 89.4. The quantitative estimate of drug-likeness (QED) is 0.104. The number of para-hydroxylation sites is 2. The van der Waals surface area contributed by atoms with Crippen molar-refractivity contribution in [2.24, 2.45) is 0 Å². The molecule has 69 heavy (non-hydrogen) atoms. The maximum Gasteiger partial charge on any atom is 0.414 e. The fourth-order valence-corrected chi connectivity index (χ4v) is 8.93. The number of likely N-dealkylation sites (N-methyl/N-ethyl adjacent to an activating group) is 1. The van der Waals surface area contributed by atoms with Crippen LogP contribution in [0.4, 0.5) is 26.7 Å². The molecule has 0 unspecified atom stereocenters. The van der Waals surface area contributed by atoms with Crippen molar-refractivity contribution in [3.05, 3.63) is 155 Å². The van der Waals surface area contributed by atoms with Crippen LogP contribution in [-0.2, 0) is 30.3 Å². The molecule has 354 valence electrons. The first-order chi connectivity index (χ1) is 33.0. The second kappa shape index (κ2) is 19.2. The molecule has 0 radical (unpaired) electrons. The lowest BCUT2D eigenvalue weighted by Crippen LogP contribution is -2.57. The highest BCUT2D eigenvalue weighted by atomic mass is 16.6. The van der Waals surface area contributed by atoms with Gasteiger partial charge in [-0.05, 0) is 115 Å². The van der Waals surface area contributed by atoms with Crippen molar-refractivity contribution in [3.63, 3.8) is 0 Å². The van der Waals surface area contributed by atoms with E-state index in [9.17, 15) is 19.2 Å². The van der Waals surface area contributed by atoms with E-state index in [1.165, 1.54) is 45.1 Å². The van der Waals surface area contributed by atoms with Gasteiger partial charge in [0.2, 0.25) is 5.91 Å². The number of nitrogens with zero attached hydrogens (tertiary/aromatic N) is 4. The highest BCUT2D eigenvalue weighted by Crippen LogP contribution is 2.48. The van der Waals surface area contributed by atoms with Crippen LogP contribution >= 0.6 is 0 Å². The maximum absolute atomic E-state index is 15.2. The lowest BCUT2D eigenvalue weighted by molar-refractivity contribution is -0.130. The van der Waals surface area contributed by atoms with Gasteiger partial charge in [0.15, 0.2) is 0 Å². The number of nitrogens with one attached hydrogen (secondary N) is 1. The molecule has 15 heteroatoms. The molecule has 1 aliphatic carbocycles. The van der Waals surface area contributed by atoms with E-state index >= 15 is 9.59 Å². The van der Waals surface area contributed by atoms with Gasteiger partial charge in [-0.3, -0.25) is 24.2 Å². The van der Waals surface area contributed by atoms with Crippen LogP contribution in [0.25, 0.3) is 21.9 Å². The molecule has 0 saturated heterocycles. The minimum atomic E-state index is -1.34. The molecule has 0 spiro atoms. The molecule has 0 aromatic heterocycles. The highest BCUT2D eigenvalue weighted by molar-refractivity contribution is 6.13. The number of amides is 5. The first-order valence-electron chi connectivity index (χ1n) is 22.4. The van der Waals surface area contributed by atoms with Crippen molar-refractivity contribution in [2.45, 2.75) is 58.0 Å². The van der Waals surface area contributed by atoms with E-state index in [0.717, 1.165) is 27.2 Å². The number of esters is 1. The van der Waals surface area contributed by atoms with Gasteiger partial charge in [0.25, 0.3) is 11.8 Å². The Balaban J connectivity index is 1.19.